The molecule has 52 heavy (non-hydrogen) atoms. The SMILES string of the molecule is CCc1cc(C2=CCOCC2)ccc1N(C)c1cc2c(cn1)ncn2C.CCc1cc(C2CCOCC2)ccc1N(C)c1cc2c(cn1)ncn2C. The molecule has 0 atom stereocenters. The van der Waals surface area contributed by atoms with Crippen LogP contribution in [-0.4, -0.2) is 69.6 Å². The van der Waals surface area contributed by atoms with Gasteiger partial charge in [0.25, 0.3) is 0 Å². The van der Waals surface area contributed by atoms with Crippen LogP contribution in [0.1, 0.15) is 61.3 Å². The molecule has 6 aromatic rings. The molecule has 1 fully saturated rings. The highest BCUT2D eigenvalue weighted by atomic mass is 16.5. The Morgan fingerprint density at radius 2 is 1.27 bits per heavy atom. The third-order valence-corrected chi connectivity index (χ3v) is 10.6. The molecule has 0 bridgehead atoms. The summed E-state index contributed by atoms with van der Waals surface area (Å²) in [5.41, 5.74) is 13.3. The van der Waals surface area contributed by atoms with Crippen LogP contribution in [0, 0.1) is 0 Å². The van der Waals surface area contributed by atoms with E-state index in [9.17, 15) is 0 Å². The number of aryl methyl sites for hydroxylation is 4. The number of pyridine rings is 2. The van der Waals surface area contributed by atoms with Gasteiger partial charge in [0.05, 0.1) is 49.3 Å². The maximum atomic E-state index is 5.51. The minimum absolute atomic E-state index is 0.623. The number of fused-ring (bicyclic) bond motifs is 2. The van der Waals surface area contributed by atoms with Crippen molar-refractivity contribution in [1.29, 1.82) is 0 Å². The highest BCUT2D eigenvalue weighted by Crippen LogP contribution is 2.34. The van der Waals surface area contributed by atoms with E-state index in [1.54, 1.807) is 0 Å². The summed E-state index contributed by atoms with van der Waals surface area (Å²) in [4.78, 5) is 22.3. The summed E-state index contributed by atoms with van der Waals surface area (Å²) in [5, 5.41) is 0. The summed E-state index contributed by atoms with van der Waals surface area (Å²) in [6, 6.07) is 17.8. The molecule has 10 heteroatoms. The number of benzene rings is 2. The molecule has 6 heterocycles. The molecule has 8 rings (SSSR count). The van der Waals surface area contributed by atoms with Crippen LogP contribution < -0.4 is 9.80 Å². The Labute approximate surface area is 306 Å². The zero-order chi connectivity index (χ0) is 36.2. The highest BCUT2D eigenvalue weighted by molar-refractivity contribution is 5.80. The monoisotopic (exact) mass is 698 g/mol. The molecule has 10 nitrogen and oxygen atoms in total. The highest BCUT2D eigenvalue weighted by Gasteiger charge is 2.19. The van der Waals surface area contributed by atoms with Crippen molar-refractivity contribution in [3.63, 3.8) is 0 Å². The van der Waals surface area contributed by atoms with Gasteiger partial charge >= 0.3 is 0 Å². The predicted octanol–water partition coefficient (Wildman–Crippen LogP) is 8.29. The summed E-state index contributed by atoms with van der Waals surface area (Å²) in [5.74, 6) is 2.49. The number of ether oxygens (including phenoxy) is 2. The van der Waals surface area contributed by atoms with Gasteiger partial charge in [0.1, 0.15) is 22.7 Å². The summed E-state index contributed by atoms with van der Waals surface area (Å²) in [7, 11) is 8.19. The Morgan fingerprint density at radius 3 is 1.83 bits per heavy atom. The second kappa shape index (κ2) is 15.7. The number of rotatable bonds is 8. The van der Waals surface area contributed by atoms with E-state index in [2.05, 4.69) is 112 Å². The van der Waals surface area contributed by atoms with E-state index in [4.69, 9.17) is 9.47 Å². The molecular weight excluding hydrogens is 649 g/mol. The van der Waals surface area contributed by atoms with E-state index >= 15 is 0 Å². The van der Waals surface area contributed by atoms with Gasteiger partial charge in [-0.15, -0.1) is 0 Å². The van der Waals surface area contributed by atoms with E-state index in [1.807, 2.05) is 48.3 Å². The molecule has 0 N–H and O–H groups in total. The maximum Gasteiger partial charge on any atom is 0.134 e. The second-order valence-electron chi connectivity index (χ2n) is 13.8. The summed E-state index contributed by atoms with van der Waals surface area (Å²) >= 11 is 0. The van der Waals surface area contributed by atoms with E-state index in [0.29, 0.717) is 12.5 Å². The number of nitrogens with zero attached hydrogens (tertiary/aromatic N) is 8. The third-order valence-electron chi connectivity index (χ3n) is 10.6. The van der Waals surface area contributed by atoms with Crippen LogP contribution in [-0.2, 0) is 36.4 Å². The molecule has 0 saturated carbocycles. The fourth-order valence-electron chi connectivity index (χ4n) is 7.34. The minimum Gasteiger partial charge on any atom is -0.381 e. The molecule has 0 spiro atoms. The van der Waals surface area contributed by atoms with Crippen molar-refractivity contribution in [3.8, 4) is 0 Å². The van der Waals surface area contributed by atoms with Crippen LogP contribution in [0.15, 0.2) is 79.7 Å². The van der Waals surface area contributed by atoms with Gasteiger partial charge in [-0.1, -0.05) is 38.1 Å². The fourth-order valence-corrected chi connectivity index (χ4v) is 7.34. The fraction of sp³-hybridized carbons (Fsp3) is 0.381. The van der Waals surface area contributed by atoms with E-state index < -0.39 is 0 Å². The van der Waals surface area contributed by atoms with Crippen LogP contribution in [0.5, 0.6) is 0 Å². The normalized spacial score (nSPS) is 15.0. The van der Waals surface area contributed by atoms with E-state index in [0.717, 1.165) is 85.6 Å². The number of hydrogen-bond donors (Lipinski definition) is 0. The first-order chi connectivity index (χ1) is 25.3. The summed E-state index contributed by atoms with van der Waals surface area (Å²) in [6.07, 6.45) is 14.7. The smallest absolute Gasteiger partial charge is 0.134 e. The van der Waals surface area contributed by atoms with Gasteiger partial charge in [0, 0.05) is 64.9 Å². The first-order valence-electron chi connectivity index (χ1n) is 18.5. The second-order valence-corrected chi connectivity index (χ2v) is 13.8. The van der Waals surface area contributed by atoms with Gasteiger partial charge in [-0.05, 0) is 84.0 Å². The van der Waals surface area contributed by atoms with Crippen molar-refractivity contribution < 1.29 is 9.47 Å². The molecule has 0 radical (unpaired) electrons. The predicted molar refractivity (Wildman–Crippen MR) is 211 cm³/mol. The topological polar surface area (TPSA) is 86.4 Å². The van der Waals surface area contributed by atoms with Crippen LogP contribution in [0.2, 0.25) is 0 Å². The Morgan fingerprint density at radius 1 is 0.692 bits per heavy atom. The van der Waals surface area contributed by atoms with Gasteiger partial charge in [0.2, 0.25) is 0 Å². The van der Waals surface area contributed by atoms with Gasteiger partial charge in [0.15, 0.2) is 0 Å². The number of hydrogen-bond acceptors (Lipinski definition) is 8. The van der Waals surface area contributed by atoms with Crippen molar-refractivity contribution in [3.05, 3.63) is 102 Å². The van der Waals surface area contributed by atoms with Crippen molar-refractivity contribution in [2.24, 2.45) is 14.1 Å². The van der Waals surface area contributed by atoms with Gasteiger partial charge < -0.3 is 28.4 Å². The van der Waals surface area contributed by atoms with Crippen molar-refractivity contribution >= 4 is 50.7 Å². The van der Waals surface area contributed by atoms with Crippen LogP contribution >= 0.6 is 0 Å². The summed E-state index contributed by atoms with van der Waals surface area (Å²) in [6.45, 7) is 7.70. The van der Waals surface area contributed by atoms with Gasteiger partial charge in [-0.2, -0.15) is 0 Å². The molecule has 2 aromatic carbocycles. The largest absolute Gasteiger partial charge is 0.381 e. The average molecular weight is 699 g/mol. The number of anilines is 4. The standard InChI is InChI=1S/C21H26N4O.C21H24N4O/c2*1-4-15-11-17(16-7-9-26-10-8-16)5-6-19(15)25(3)21-12-20-18(13-22-21)23-14-24(20)2/h5-6,11-14,16H,4,7-10H2,1-3H3;5-7,11-14H,4,8-10H2,1-3H3. The molecule has 270 valence electrons. The van der Waals surface area contributed by atoms with Crippen molar-refractivity contribution in [2.45, 2.75) is 51.9 Å². The van der Waals surface area contributed by atoms with Crippen molar-refractivity contribution in [2.75, 3.05) is 50.3 Å². The van der Waals surface area contributed by atoms with E-state index in [1.165, 1.54) is 39.2 Å². The maximum absolute atomic E-state index is 5.51. The number of imidazole rings is 2. The molecule has 2 aliphatic heterocycles. The van der Waals surface area contributed by atoms with Crippen LogP contribution in [0.3, 0.4) is 0 Å². The third kappa shape index (κ3) is 7.31. The van der Waals surface area contributed by atoms with Crippen LogP contribution in [0.4, 0.5) is 23.0 Å². The number of aromatic nitrogens is 6. The van der Waals surface area contributed by atoms with Gasteiger partial charge in [-0.25, -0.2) is 19.9 Å². The molecule has 0 amide bonds. The quantitative estimate of drug-likeness (QED) is 0.157. The Kier molecular flexibility index (Phi) is 10.7. The lowest BCUT2D eigenvalue weighted by molar-refractivity contribution is 0.0853. The van der Waals surface area contributed by atoms with Gasteiger partial charge in [-0.3, -0.25) is 0 Å². The van der Waals surface area contributed by atoms with Crippen LogP contribution in [0.25, 0.3) is 27.6 Å². The zero-order valence-corrected chi connectivity index (χ0v) is 31.3. The Bertz CT molecular complexity index is 2200. The lowest BCUT2D eigenvalue weighted by Gasteiger charge is -2.26. The molecule has 4 aromatic heterocycles. The first-order valence-corrected chi connectivity index (χ1v) is 18.5. The molecule has 0 aliphatic carbocycles. The average Bonchev–Trinajstić information content (AvgIpc) is 3.78. The van der Waals surface area contributed by atoms with E-state index in [-0.39, 0.29) is 0 Å². The Hall–Kier alpha value is -5.06. The Balaban J connectivity index is 0.000000162. The lowest BCUT2D eigenvalue weighted by atomic mass is 9.90. The molecule has 0 unspecified atom stereocenters. The zero-order valence-electron chi connectivity index (χ0n) is 31.3. The summed E-state index contributed by atoms with van der Waals surface area (Å²) < 4.78 is 15.0. The molecule has 2 aliphatic rings. The molecule has 1 saturated heterocycles. The lowest BCUT2D eigenvalue weighted by Crippen LogP contribution is -2.16. The van der Waals surface area contributed by atoms with Crippen molar-refractivity contribution in [1.82, 2.24) is 29.1 Å². The molecular formula is C42H50N8O2. The minimum atomic E-state index is 0.623. The first kappa shape index (κ1) is 35.3.